The van der Waals surface area contributed by atoms with E-state index in [0.29, 0.717) is 48.9 Å². The minimum Gasteiger partial charge on any atom is -0.505 e. The monoisotopic (exact) mass is 804 g/mol. The number of benzene rings is 5. The molecule has 16 heteroatoms. The van der Waals surface area contributed by atoms with Crippen LogP contribution in [0.4, 0.5) is 31.5 Å². The highest BCUT2D eigenvalue weighted by atomic mass is 35.5. The summed E-state index contributed by atoms with van der Waals surface area (Å²) < 4.78 is 35.1. The summed E-state index contributed by atoms with van der Waals surface area (Å²) >= 11 is 19.4. The number of nitrogen functional groups attached to an aromatic ring is 2. The highest BCUT2D eigenvalue weighted by molar-refractivity contribution is 7.94. The van der Waals surface area contributed by atoms with E-state index in [9.17, 15) is 18.7 Å². The lowest BCUT2D eigenvalue weighted by atomic mass is 10.1. The van der Waals surface area contributed by atoms with E-state index in [0.717, 1.165) is 15.7 Å². The van der Waals surface area contributed by atoms with Crippen molar-refractivity contribution in [3.8, 4) is 5.75 Å². The molecule has 0 aromatic heterocycles. The normalized spacial score (nSPS) is 11.2. The lowest BCUT2D eigenvalue weighted by Gasteiger charge is -2.14. The number of carbonyl (C=O) groups is 1. The smallest absolute Gasteiger partial charge is 0.255 e. The Kier molecular flexibility index (Phi) is 18.1. The molecule has 9 nitrogen and oxygen atoms in total. The predicted octanol–water partition coefficient (Wildman–Crippen LogP) is 11.1. The Bertz CT molecular complexity index is 2120. The predicted molar refractivity (Wildman–Crippen MR) is 226 cm³/mol. The molecule has 0 bridgehead atoms. The van der Waals surface area contributed by atoms with Gasteiger partial charge in [0.15, 0.2) is 12.6 Å². The van der Waals surface area contributed by atoms with Gasteiger partial charge in [-0.3, -0.25) is 4.79 Å². The van der Waals surface area contributed by atoms with E-state index >= 15 is 0 Å². The van der Waals surface area contributed by atoms with E-state index in [4.69, 9.17) is 27.6 Å². The number of hydrogen-bond donors (Lipinski definition) is 9. The minimum atomic E-state index is -1.29. The van der Waals surface area contributed by atoms with E-state index < -0.39 is 23.7 Å². The summed E-state index contributed by atoms with van der Waals surface area (Å²) in [7, 11) is 0. The molecule has 0 fully saturated rings. The number of nitrogens with zero attached hydrogens (tertiary/aromatic N) is 2. The Balaban J connectivity index is 0.000000430. The van der Waals surface area contributed by atoms with Crippen LogP contribution < -0.4 is 22.1 Å². The van der Waals surface area contributed by atoms with Crippen molar-refractivity contribution in [3.63, 3.8) is 0 Å². The number of phenols is 1. The Morgan fingerprint density at radius 2 is 1.62 bits per heavy atom. The van der Waals surface area contributed by atoms with Crippen LogP contribution in [0.25, 0.3) is 21.5 Å². The van der Waals surface area contributed by atoms with Crippen molar-refractivity contribution >= 4 is 124 Å². The largest absolute Gasteiger partial charge is 0.505 e. The van der Waals surface area contributed by atoms with Gasteiger partial charge in [0.2, 0.25) is 5.97 Å². The van der Waals surface area contributed by atoms with Crippen LogP contribution in [0, 0.1) is 0 Å². The first kappa shape index (κ1) is 44.0. The molecule has 0 aliphatic heterocycles. The number of anilines is 4. The van der Waals surface area contributed by atoms with Crippen molar-refractivity contribution in [1.29, 1.82) is 0 Å². The average molecular weight is 805 g/mol. The molecule has 5 aromatic carbocycles. The Morgan fingerprint density at radius 1 is 0.942 bits per heavy atom. The van der Waals surface area contributed by atoms with Crippen LogP contribution in [0.15, 0.2) is 113 Å². The standard InChI is InChI=1S/C22H18ClF2N5O2S2.C10H9NOS2.2C2H6/c1-27-21(17(23)20(25)28-9-24)29-12-4-2-3-10(5-12)22(32)30-14-8-13(33)6-11-7-15(34)18(26)19(31)16(11)14;11-8-5-4-6-7(10(8)14-12)2-1-3-9(6)13;2*1-2/h2-8,29,31,33-34H,1,9,26H2,(H,30,32);1-5,12-13H,11H2;2*1-2H3/b21-17-,28-20+;;;. The highest BCUT2D eigenvalue weighted by Gasteiger charge is 2.17. The zero-order valence-electron chi connectivity index (χ0n) is 28.6. The second kappa shape index (κ2) is 21.4. The topological polar surface area (TPSA) is 158 Å². The van der Waals surface area contributed by atoms with Crippen LogP contribution in [0.1, 0.15) is 38.1 Å². The van der Waals surface area contributed by atoms with Crippen LogP contribution in [0.3, 0.4) is 0 Å². The molecule has 0 aliphatic carbocycles. The zero-order chi connectivity index (χ0) is 39.1. The second-order valence-electron chi connectivity index (χ2n) is 9.75. The minimum absolute atomic E-state index is 0.0705. The van der Waals surface area contributed by atoms with E-state index in [1.165, 1.54) is 12.1 Å². The quantitative estimate of drug-likeness (QED) is 0.0189. The van der Waals surface area contributed by atoms with Gasteiger partial charge < -0.3 is 31.8 Å². The van der Waals surface area contributed by atoms with E-state index in [1.807, 2.05) is 52.0 Å². The Labute approximate surface area is 327 Å². The molecule has 0 radical (unpaired) electrons. The zero-order valence-corrected chi connectivity index (χ0v) is 32.8. The Morgan fingerprint density at radius 3 is 2.25 bits per heavy atom. The number of aliphatic imine (C=N–C) groups is 2. The molecule has 0 atom stereocenters. The molecular formula is C36H39ClF2N6O3S4. The van der Waals surface area contributed by atoms with Gasteiger partial charge in [0.05, 0.1) is 16.3 Å². The fourth-order valence-corrected chi connectivity index (χ4v) is 5.90. The van der Waals surface area contributed by atoms with Gasteiger partial charge >= 0.3 is 0 Å². The third kappa shape index (κ3) is 10.9. The van der Waals surface area contributed by atoms with Crippen LogP contribution in [0.2, 0.25) is 0 Å². The van der Waals surface area contributed by atoms with Crippen LogP contribution >= 0.6 is 61.5 Å². The Hall–Kier alpha value is -4.12. The molecular weight excluding hydrogens is 766 g/mol. The summed E-state index contributed by atoms with van der Waals surface area (Å²) in [5.41, 5.74) is 13.1. The van der Waals surface area contributed by atoms with Crippen molar-refractivity contribution in [3.05, 3.63) is 89.2 Å². The van der Waals surface area contributed by atoms with Gasteiger partial charge in [-0.05, 0) is 66.0 Å². The van der Waals surface area contributed by atoms with E-state index in [-0.39, 0.29) is 28.5 Å². The van der Waals surface area contributed by atoms with Gasteiger partial charge in [-0.25, -0.2) is 14.4 Å². The molecule has 0 saturated carbocycles. The summed E-state index contributed by atoms with van der Waals surface area (Å²) in [5, 5.41) is 18.2. The maximum Gasteiger partial charge on any atom is 0.255 e. The van der Waals surface area contributed by atoms with Crippen molar-refractivity contribution < 1.29 is 23.2 Å². The molecule has 8 N–H and O–H groups in total. The van der Waals surface area contributed by atoms with Crippen molar-refractivity contribution in [2.24, 2.45) is 9.98 Å². The second-order valence-corrected chi connectivity index (χ2v) is 12.2. The molecule has 5 aromatic rings. The third-order valence-electron chi connectivity index (χ3n) is 6.71. The third-order valence-corrected chi connectivity index (χ3v) is 8.70. The number of nitrogens with one attached hydrogen (secondary N) is 2. The van der Waals surface area contributed by atoms with Gasteiger partial charge in [-0.1, -0.05) is 63.6 Å². The lowest BCUT2D eigenvalue weighted by Crippen LogP contribution is -2.13. The van der Waals surface area contributed by atoms with Gasteiger partial charge in [0.25, 0.3) is 5.91 Å². The number of alkyl halides is 1. The molecule has 276 valence electrons. The van der Waals surface area contributed by atoms with Crippen molar-refractivity contribution in [2.45, 2.75) is 47.3 Å². The summed E-state index contributed by atoms with van der Waals surface area (Å²) in [6.07, 6.45) is 0. The maximum atomic E-state index is 13.7. The number of amides is 1. The van der Waals surface area contributed by atoms with Gasteiger partial charge in [-0.15, -0.1) is 37.9 Å². The first-order valence-corrected chi connectivity index (χ1v) is 18.0. The van der Waals surface area contributed by atoms with Gasteiger partial charge in [0, 0.05) is 54.4 Å². The molecule has 0 heterocycles. The van der Waals surface area contributed by atoms with E-state index in [2.05, 4.69) is 65.2 Å². The lowest BCUT2D eigenvalue weighted by molar-refractivity contribution is 0.102. The number of rotatable bonds is 8. The number of thiol groups is 3. The first-order valence-electron chi connectivity index (χ1n) is 15.5. The number of aromatic hydroxyl groups is 1. The summed E-state index contributed by atoms with van der Waals surface area (Å²) in [6, 6.07) is 20.4. The van der Waals surface area contributed by atoms with Gasteiger partial charge in [-0.2, -0.15) is 4.39 Å². The molecule has 0 aliphatic rings. The number of allylic oxidation sites excluding steroid dienone is 1. The summed E-state index contributed by atoms with van der Waals surface area (Å²) in [5.74, 6) is -2.22. The average Bonchev–Trinajstić information content (AvgIpc) is 3.14. The number of fused-ring (bicyclic) bond motifs is 2. The summed E-state index contributed by atoms with van der Waals surface area (Å²) in [4.78, 5) is 22.0. The molecule has 5 rings (SSSR count). The maximum absolute atomic E-state index is 13.7. The fourth-order valence-electron chi connectivity index (χ4n) is 4.49. The highest BCUT2D eigenvalue weighted by Crippen LogP contribution is 2.41. The summed E-state index contributed by atoms with van der Waals surface area (Å²) in [6.45, 7) is 10.0. The number of nitrogens with two attached hydrogens (primary N) is 2. The van der Waals surface area contributed by atoms with E-state index in [1.54, 1.807) is 36.4 Å². The number of carbonyl (C=O) groups excluding carboxylic acids is 1. The van der Waals surface area contributed by atoms with Gasteiger partial charge in [0.1, 0.15) is 10.8 Å². The first-order chi connectivity index (χ1) is 24.9. The van der Waals surface area contributed by atoms with Crippen LogP contribution in [0.5, 0.6) is 5.75 Å². The molecule has 0 unspecified atom stereocenters. The molecule has 0 spiro atoms. The number of halogens is 3. The molecule has 1 amide bonds. The molecule has 0 saturated heterocycles. The fraction of sp³-hybridized carbons (Fsp3) is 0.139. The van der Waals surface area contributed by atoms with Crippen molar-refractivity contribution in [1.82, 2.24) is 0 Å². The van der Waals surface area contributed by atoms with Crippen LogP contribution in [-0.4, -0.2) is 35.0 Å². The SMILES string of the molecule is C=N/C(Nc1cccc(C(=O)Nc2cc(S)cc3cc(S)c(N)c(O)c23)c1)=C(Cl)\C(F)=N/CF.CC.CC.Nc1ccc2c(S)cccc2c1SO. The van der Waals surface area contributed by atoms with Crippen LogP contribution in [-0.2, 0) is 0 Å². The molecule has 52 heavy (non-hydrogen) atoms. The number of hydrogen-bond acceptors (Lipinski definition) is 12. The number of phenolic OH excluding ortho intramolecular Hbond substituents is 1. The van der Waals surface area contributed by atoms with Crippen molar-refractivity contribution in [2.75, 3.05) is 28.9 Å².